The number of nitrogen functional groups attached to an aromatic ring is 1. The Kier molecular flexibility index (Phi) is 4.19. The maximum Gasteiger partial charge on any atom is 0.251 e. The molecule has 0 saturated heterocycles. The quantitative estimate of drug-likeness (QED) is 0.659. The number of rotatable bonds is 3. The van der Waals surface area contributed by atoms with Crippen molar-refractivity contribution in [1.29, 1.82) is 0 Å². The highest BCUT2D eigenvalue weighted by Crippen LogP contribution is 2.08. The summed E-state index contributed by atoms with van der Waals surface area (Å²) in [5.74, 6) is -0.0752. The third kappa shape index (κ3) is 3.46. The average Bonchev–Trinajstić information content (AvgIpc) is 2.37. The molecular weight excluding hydrogens is 339 g/mol. The molecule has 0 heterocycles. The van der Waals surface area contributed by atoms with Gasteiger partial charge in [-0.3, -0.25) is 4.79 Å². The second-order valence-corrected chi connectivity index (χ2v) is 5.18. The van der Waals surface area contributed by atoms with Gasteiger partial charge in [-0.05, 0) is 64.6 Å². The third-order valence-electron chi connectivity index (χ3n) is 2.51. The molecule has 4 heteroatoms. The van der Waals surface area contributed by atoms with Crippen molar-refractivity contribution >= 4 is 34.2 Å². The first-order valence-corrected chi connectivity index (χ1v) is 6.61. The number of hydrogen-bond acceptors (Lipinski definition) is 2. The van der Waals surface area contributed by atoms with Crippen LogP contribution in [0.1, 0.15) is 15.9 Å². The molecule has 18 heavy (non-hydrogen) atoms. The van der Waals surface area contributed by atoms with Gasteiger partial charge in [0.25, 0.3) is 5.91 Å². The zero-order valence-corrected chi connectivity index (χ0v) is 11.8. The summed E-state index contributed by atoms with van der Waals surface area (Å²) in [4.78, 5) is 11.9. The van der Waals surface area contributed by atoms with Gasteiger partial charge < -0.3 is 11.1 Å². The van der Waals surface area contributed by atoms with Gasteiger partial charge in [-0.1, -0.05) is 12.1 Å². The van der Waals surface area contributed by atoms with Crippen LogP contribution in [0.4, 0.5) is 5.69 Å². The Morgan fingerprint density at radius 2 is 1.89 bits per heavy atom. The van der Waals surface area contributed by atoms with Crippen molar-refractivity contribution in [1.82, 2.24) is 5.32 Å². The van der Waals surface area contributed by atoms with Crippen molar-refractivity contribution in [2.24, 2.45) is 0 Å². The van der Waals surface area contributed by atoms with E-state index in [9.17, 15) is 4.79 Å². The fourth-order valence-electron chi connectivity index (χ4n) is 1.59. The minimum Gasteiger partial charge on any atom is -0.399 e. The topological polar surface area (TPSA) is 55.1 Å². The summed E-state index contributed by atoms with van der Waals surface area (Å²) in [6, 6.07) is 14.9. The molecule has 0 unspecified atom stereocenters. The van der Waals surface area contributed by atoms with Gasteiger partial charge in [0.2, 0.25) is 0 Å². The number of anilines is 1. The molecule has 1 amide bonds. The van der Waals surface area contributed by atoms with Crippen molar-refractivity contribution in [2.75, 3.05) is 5.73 Å². The van der Waals surface area contributed by atoms with Gasteiger partial charge in [-0.25, -0.2) is 0 Å². The molecule has 2 aromatic carbocycles. The molecule has 92 valence electrons. The van der Waals surface area contributed by atoms with Crippen LogP contribution in [-0.4, -0.2) is 5.91 Å². The summed E-state index contributed by atoms with van der Waals surface area (Å²) >= 11 is 2.21. The van der Waals surface area contributed by atoms with Crippen molar-refractivity contribution in [3.63, 3.8) is 0 Å². The molecule has 0 aliphatic rings. The smallest absolute Gasteiger partial charge is 0.251 e. The molecule has 0 aliphatic carbocycles. The largest absolute Gasteiger partial charge is 0.399 e. The molecule has 3 nitrogen and oxygen atoms in total. The molecule has 0 radical (unpaired) electrons. The van der Waals surface area contributed by atoms with Gasteiger partial charge in [-0.2, -0.15) is 0 Å². The van der Waals surface area contributed by atoms with Crippen molar-refractivity contribution in [2.45, 2.75) is 6.54 Å². The van der Waals surface area contributed by atoms with E-state index in [-0.39, 0.29) is 5.91 Å². The van der Waals surface area contributed by atoms with Crippen molar-refractivity contribution in [3.8, 4) is 0 Å². The lowest BCUT2D eigenvalue weighted by Crippen LogP contribution is -2.22. The number of hydrogen-bond donors (Lipinski definition) is 2. The Hall–Kier alpha value is -1.56. The van der Waals surface area contributed by atoms with Crippen LogP contribution in [0.3, 0.4) is 0 Å². The van der Waals surface area contributed by atoms with Crippen LogP contribution in [0.5, 0.6) is 0 Å². The van der Waals surface area contributed by atoms with Crippen LogP contribution < -0.4 is 11.1 Å². The van der Waals surface area contributed by atoms with Gasteiger partial charge >= 0.3 is 0 Å². The second-order valence-electron chi connectivity index (χ2n) is 3.93. The molecule has 3 N–H and O–H groups in total. The number of nitrogens with one attached hydrogen (secondary N) is 1. The SMILES string of the molecule is Nc1cccc(CNC(=O)c2ccc(I)cc2)c1. The number of benzene rings is 2. The number of nitrogens with two attached hydrogens (primary N) is 1. The zero-order valence-electron chi connectivity index (χ0n) is 9.69. The van der Waals surface area contributed by atoms with E-state index in [1.54, 1.807) is 0 Å². The van der Waals surface area contributed by atoms with Gasteiger partial charge in [0.05, 0.1) is 0 Å². The summed E-state index contributed by atoms with van der Waals surface area (Å²) in [7, 11) is 0. The molecule has 0 atom stereocenters. The summed E-state index contributed by atoms with van der Waals surface area (Å²) in [5.41, 5.74) is 8.04. The predicted molar refractivity (Wildman–Crippen MR) is 81.2 cm³/mol. The highest BCUT2D eigenvalue weighted by Gasteiger charge is 2.04. The van der Waals surface area contributed by atoms with Gasteiger partial charge in [0.15, 0.2) is 0 Å². The molecule has 0 aromatic heterocycles. The number of carbonyl (C=O) groups excluding carboxylic acids is 1. The molecule has 0 bridgehead atoms. The zero-order chi connectivity index (χ0) is 13.0. The normalized spacial score (nSPS) is 10.1. The van der Waals surface area contributed by atoms with Gasteiger partial charge in [0, 0.05) is 21.4 Å². The molecule has 0 aliphatic heterocycles. The highest BCUT2D eigenvalue weighted by molar-refractivity contribution is 14.1. The first kappa shape index (κ1) is 12.9. The summed E-state index contributed by atoms with van der Waals surface area (Å²) in [6.07, 6.45) is 0. The molecule has 2 rings (SSSR count). The maximum atomic E-state index is 11.9. The lowest BCUT2D eigenvalue weighted by Gasteiger charge is -2.06. The average molecular weight is 352 g/mol. The summed E-state index contributed by atoms with van der Waals surface area (Å²) in [5, 5.41) is 2.86. The van der Waals surface area contributed by atoms with Crippen molar-refractivity contribution < 1.29 is 4.79 Å². The van der Waals surface area contributed by atoms with E-state index in [0.29, 0.717) is 17.8 Å². The number of amides is 1. The molecular formula is C14H13IN2O. The predicted octanol–water partition coefficient (Wildman–Crippen LogP) is 2.80. The lowest BCUT2D eigenvalue weighted by atomic mass is 10.2. The summed E-state index contributed by atoms with van der Waals surface area (Å²) in [6.45, 7) is 0.482. The molecule has 0 spiro atoms. The standard InChI is InChI=1S/C14H13IN2O/c15-12-6-4-11(5-7-12)14(18)17-9-10-2-1-3-13(16)8-10/h1-8H,9,16H2,(H,17,18). The van der Waals surface area contributed by atoms with E-state index in [0.717, 1.165) is 9.13 Å². The fraction of sp³-hybridized carbons (Fsp3) is 0.0714. The van der Waals surface area contributed by atoms with E-state index >= 15 is 0 Å². The van der Waals surface area contributed by atoms with E-state index in [2.05, 4.69) is 27.9 Å². The second kappa shape index (κ2) is 5.86. The number of halogens is 1. The minimum atomic E-state index is -0.0752. The van der Waals surface area contributed by atoms with Gasteiger partial charge in [0.1, 0.15) is 0 Å². The maximum absolute atomic E-state index is 11.9. The Balaban J connectivity index is 1.98. The van der Waals surface area contributed by atoms with Crippen LogP contribution in [0.15, 0.2) is 48.5 Å². The number of carbonyl (C=O) groups is 1. The third-order valence-corrected chi connectivity index (χ3v) is 3.23. The van der Waals surface area contributed by atoms with Crippen LogP contribution in [-0.2, 0) is 6.54 Å². The van der Waals surface area contributed by atoms with Crippen LogP contribution >= 0.6 is 22.6 Å². The Labute approximate surface area is 120 Å². The van der Waals surface area contributed by atoms with Crippen molar-refractivity contribution in [3.05, 3.63) is 63.2 Å². The monoisotopic (exact) mass is 352 g/mol. The lowest BCUT2D eigenvalue weighted by molar-refractivity contribution is 0.0951. The Morgan fingerprint density at radius 3 is 2.56 bits per heavy atom. The highest BCUT2D eigenvalue weighted by atomic mass is 127. The Bertz CT molecular complexity index is 552. The fourth-order valence-corrected chi connectivity index (χ4v) is 1.95. The van der Waals surface area contributed by atoms with E-state index in [1.165, 1.54) is 0 Å². The van der Waals surface area contributed by atoms with Gasteiger partial charge in [-0.15, -0.1) is 0 Å². The molecule has 0 saturated carbocycles. The van der Waals surface area contributed by atoms with E-state index < -0.39 is 0 Å². The minimum absolute atomic E-state index is 0.0752. The molecule has 0 fully saturated rings. The first-order chi connectivity index (χ1) is 8.65. The van der Waals surface area contributed by atoms with Crippen LogP contribution in [0.2, 0.25) is 0 Å². The Morgan fingerprint density at radius 1 is 1.17 bits per heavy atom. The van der Waals surface area contributed by atoms with Crippen LogP contribution in [0, 0.1) is 3.57 Å². The van der Waals surface area contributed by atoms with Crippen LogP contribution in [0.25, 0.3) is 0 Å². The summed E-state index contributed by atoms with van der Waals surface area (Å²) < 4.78 is 1.11. The molecule has 2 aromatic rings. The van der Waals surface area contributed by atoms with E-state index in [4.69, 9.17) is 5.73 Å². The first-order valence-electron chi connectivity index (χ1n) is 5.53. The van der Waals surface area contributed by atoms with E-state index in [1.807, 2.05) is 48.5 Å².